The largest absolute Gasteiger partial charge is 0.494 e. The van der Waals surface area contributed by atoms with E-state index in [-0.39, 0.29) is 11.8 Å². The minimum absolute atomic E-state index is 0.236. The molecule has 0 atom stereocenters. The molecule has 29 heavy (non-hydrogen) atoms. The van der Waals surface area contributed by atoms with E-state index in [0.29, 0.717) is 29.5 Å². The lowest BCUT2D eigenvalue weighted by Gasteiger charge is -2.32. The second kappa shape index (κ2) is 8.11. The van der Waals surface area contributed by atoms with E-state index >= 15 is 0 Å². The Morgan fingerprint density at radius 2 is 1.59 bits per heavy atom. The van der Waals surface area contributed by atoms with Crippen molar-refractivity contribution in [2.75, 3.05) is 24.6 Å². The van der Waals surface area contributed by atoms with Gasteiger partial charge in [-0.1, -0.05) is 37.3 Å². The maximum Gasteiger partial charge on any atom is 0.282 e. The van der Waals surface area contributed by atoms with Gasteiger partial charge < -0.3 is 9.64 Å². The second-order valence-corrected chi connectivity index (χ2v) is 7.63. The summed E-state index contributed by atoms with van der Waals surface area (Å²) in [7, 11) is 0. The quantitative estimate of drug-likeness (QED) is 0.721. The molecule has 0 unspecified atom stereocenters. The molecule has 2 aliphatic heterocycles. The van der Waals surface area contributed by atoms with Crippen molar-refractivity contribution in [2.45, 2.75) is 26.7 Å². The Hall–Kier alpha value is -3.08. The number of benzene rings is 2. The van der Waals surface area contributed by atoms with Crippen molar-refractivity contribution < 1.29 is 14.3 Å². The molecule has 1 saturated heterocycles. The molecule has 5 heteroatoms. The number of amides is 2. The topological polar surface area (TPSA) is 49.9 Å². The monoisotopic (exact) mass is 390 g/mol. The summed E-state index contributed by atoms with van der Waals surface area (Å²) >= 11 is 0. The fourth-order valence-corrected chi connectivity index (χ4v) is 4.00. The van der Waals surface area contributed by atoms with E-state index in [2.05, 4.69) is 11.8 Å². The summed E-state index contributed by atoms with van der Waals surface area (Å²) in [5.74, 6) is 0.888. The molecule has 1 fully saturated rings. The van der Waals surface area contributed by atoms with Gasteiger partial charge in [0.2, 0.25) is 0 Å². The highest BCUT2D eigenvalue weighted by molar-refractivity contribution is 6.45. The predicted octanol–water partition coefficient (Wildman–Crippen LogP) is 4.10. The number of carbonyl (C=O) groups is 2. The van der Waals surface area contributed by atoms with Gasteiger partial charge in [0, 0.05) is 13.1 Å². The third kappa shape index (κ3) is 3.65. The van der Waals surface area contributed by atoms with Gasteiger partial charge in [-0.2, -0.15) is 0 Å². The van der Waals surface area contributed by atoms with Crippen LogP contribution in [0.15, 0.2) is 60.3 Å². The number of carbonyl (C=O) groups excluding carboxylic acids is 2. The van der Waals surface area contributed by atoms with Crippen LogP contribution in [0.25, 0.3) is 5.57 Å². The van der Waals surface area contributed by atoms with E-state index in [1.165, 1.54) is 4.90 Å². The first-order valence-corrected chi connectivity index (χ1v) is 10.3. The highest BCUT2D eigenvalue weighted by atomic mass is 16.5. The van der Waals surface area contributed by atoms with E-state index in [1.54, 1.807) is 12.1 Å². The minimum Gasteiger partial charge on any atom is -0.494 e. The normalized spacial score (nSPS) is 18.0. The van der Waals surface area contributed by atoms with Crippen LogP contribution in [-0.2, 0) is 9.59 Å². The summed E-state index contributed by atoms with van der Waals surface area (Å²) in [5.41, 5.74) is 2.36. The number of rotatable bonds is 5. The Morgan fingerprint density at radius 3 is 2.21 bits per heavy atom. The molecule has 0 radical (unpaired) electrons. The minimum atomic E-state index is -0.265. The Bertz CT molecular complexity index is 926. The molecule has 150 valence electrons. The standard InChI is InChI=1S/C24H26N2O3/c1-3-29-20-11-9-18(10-12-20)21-22(25-15-13-17(2)14-16-25)24(28)26(23(21)27)19-7-5-4-6-8-19/h4-12,17H,3,13-16H2,1-2H3. The first-order chi connectivity index (χ1) is 14.1. The fraction of sp³-hybridized carbons (Fsp3) is 0.333. The number of hydrogen-bond acceptors (Lipinski definition) is 4. The molecule has 2 heterocycles. The van der Waals surface area contributed by atoms with Gasteiger partial charge >= 0.3 is 0 Å². The molecule has 2 aromatic carbocycles. The SMILES string of the molecule is CCOc1ccc(C2=C(N3CCC(C)CC3)C(=O)N(c3ccccc3)C2=O)cc1. The van der Waals surface area contributed by atoms with Gasteiger partial charge in [-0.05, 0) is 55.5 Å². The average molecular weight is 390 g/mol. The van der Waals surface area contributed by atoms with Crippen LogP contribution in [0.3, 0.4) is 0 Å². The van der Waals surface area contributed by atoms with Crippen molar-refractivity contribution in [3.8, 4) is 5.75 Å². The third-order valence-corrected chi connectivity index (χ3v) is 5.63. The van der Waals surface area contributed by atoms with E-state index in [1.807, 2.05) is 49.4 Å². The van der Waals surface area contributed by atoms with Gasteiger partial charge in [-0.3, -0.25) is 9.59 Å². The molecule has 2 aromatic rings. The number of imide groups is 1. The molecule has 0 aromatic heterocycles. The van der Waals surface area contributed by atoms with Crippen LogP contribution < -0.4 is 9.64 Å². The van der Waals surface area contributed by atoms with Gasteiger partial charge in [0.1, 0.15) is 11.4 Å². The fourth-order valence-electron chi connectivity index (χ4n) is 4.00. The lowest BCUT2D eigenvalue weighted by molar-refractivity contribution is -0.120. The zero-order valence-corrected chi connectivity index (χ0v) is 16.9. The van der Waals surface area contributed by atoms with Gasteiger partial charge in [0.05, 0.1) is 17.9 Å². The van der Waals surface area contributed by atoms with Crippen molar-refractivity contribution in [1.29, 1.82) is 0 Å². The molecule has 0 saturated carbocycles. The van der Waals surface area contributed by atoms with Crippen LogP contribution in [0.2, 0.25) is 0 Å². The lowest BCUT2D eigenvalue weighted by Crippen LogP contribution is -2.38. The lowest BCUT2D eigenvalue weighted by atomic mass is 9.97. The smallest absolute Gasteiger partial charge is 0.282 e. The third-order valence-electron chi connectivity index (χ3n) is 5.63. The number of likely N-dealkylation sites (tertiary alicyclic amines) is 1. The van der Waals surface area contributed by atoms with Crippen molar-refractivity contribution in [3.63, 3.8) is 0 Å². The van der Waals surface area contributed by atoms with Crippen molar-refractivity contribution in [3.05, 3.63) is 65.9 Å². The second-order valence-electron chi connectivity index (χ2n) is 7.63. The van der Waals surface area contributed by atoms with Crippen LogP contribution in [0.5, 0.6) is 5.75 Å². The Balaban J connectivity index is 1.77. The summed E-state index contributed by atoms with van der Waals surface area (Å²) in [6.07, 6.45) is 2.04. The molecule has 4 rings (SSSR count). The first-order valence-electron chi connectivity index (χ1n) is 10.3. The summed E-state index contributed by atoms with van der Waals surface area (Å²) in [4.78, 5) is 30.3. The molecular weight excluding hydrogens is 364 g/mol. The zero-order valence-electron chi connectivity index (χ0n) is 16.9. The van der Waals surface area contributed by atoms with Crippen molar-refractivity contribution in [2.24, 2.45) is 5.92 Å². The number of para-hydroxylation sites is 1. The maximum absolute atomic E-state index is 13.4. The molecule has 2 aliphatic rings. The van der Waals surface area contributed by atoms with Crippen LogP contribution in [0.4, 0.5) is 5.69 Å². The first kappa shape index (κ1) is 19.2. The van der Waals surface area contributed by atoms with Crippen LogP contribution in [0.1, 0.15) is 32.3 Å². The molecule has 0 bridgehead atoms. The highest BCUT2D eigenvalue weighted by Gasteiger charge is 2.42. The molecule has 5 nitrogen and oxygen atoms in total. The van der Waals surface area contributed by atoms with Crippen LogP contribution in [-0.4, -0.2) is 36.4 Å². The Labute approximate surface area is 171 Å². The molecule has 2 amide bonds. The Kier molecular flexibility index (Phi) is 5.38. The number of nitrogens with zero attached hydrogens (tertiary/aromatic N) is 2. The predicted molar refractivity (Wildman–Crippen MR) is 113 cm³/mol. The van der Waals surface area contributed by atoms with Crippen LogP contribution in [0, 0.1) is 5.92 Å². The zero-order chi connectivity index (χ0) is 20.4. The average Bonchev–Trinajstić information content (AvgIpc) is 3.00. The summed E-state index contributed by atoms with van der Waals surface area (Å²) < 4.78 is 5.53. The molecule has 0 aliphatic carbocycles. The summed E-state index contributed by atoms with van der Waals surface area (Å²) in [5, 5.41) is 0. The van der Waals surface area contributed by atoms with Gasteiger partial charge in [-0.25, -0.2) is 4.90 Å². The number of hydrogen-bond donors (Lipinski definition) is 0. The van der Waals surface area contributed by atoms with Crippen molar-refractivity contribution in [1.82, 2.24) is 4.90 Å². The van der Waals surface area contributed by atoms with Gasteiger partial charge in [0.15, 0.2) is 0 Å². The van der Waals surface area contributed by atoms with Gasteiger partial charge in [0.25, 0.3) is 11.8 Å². The molecular formula is C24H26N2O3. The van der Waals surface area contributed by atoms with Gasteiger partial charge in [-0.15, -0.1) is 0 Å². The highest BCUT2D eigenvalue weighted by Crippen LogP contribution is 2.36. The van der Waals surface area contributed by atoms with Crippen molar-refractivity contribution >= 4 is 23.1 Å². The number of piperidine rings is 1. The summed E-state index contributed by atoms with van der Waals surface area (Å²) in [6, 6.07) is 16.6. The number of ether oxygens (including phenoxy) is 1. The molecule has 0 spiro atoms. The maximum atomic E-state index is 13.4. The summed E-state index contributed by atoms with van der Waals surface area (Å²) in [6.45, 7) is 6.33. The van der Waals surface area contributed by atoms with E-state index in [0.717, 1.165) is 37.2 Å². The van der Waals surface area contributed by atoms with E-state index in [9.17, 15) is 9.59 Å². The molecule has 0 N–H and O–H groups in total. The Morgan fingerprint density at radius 1 is 0.931 bits per heavy atom. The van der Waals surface area contributed by atoms with Crippen LogP contribution >= 0.6 is 0 Å². The van der Waals surface area contributed by atoms with E-state index < -0.39 is 0 Å². The van der Waals surface area contributed by atoms with E-state index in [4.69, 9.17) is 4.74 Å². The number of anilines is 1.